The summed E-state index contributed by atoms with van der Waals surface area (Å²) in [5.74, 6) is -9.38. The van der Waals surface area contributed by atoms with E-state index in [1.165, 1.54) is 5.32 Å². The van der Waals surface area contributed by atoms with Crippen LogP contribution in [-0.4, -0.2) is 31.0 Å². The first-order chi connectivity index (χ1) is 9.50. The lowest BCUT2D eigenvalue weighted by molar-refractivity contribution is -0.267. The summed E-state index contributed by atoms with van der Waals surface area (Å²) in [4.78, 5) is 22.0. The Morgan fingerprint density at radius 1 is 1.19 bits per heavy atom. The van der Waals surface area contributed by atoms with Gasteiger partial charge in [-0.3, -0.25) is 9.59 Å². The quantitative estimate of drug-likeness (QED) is 0.834. The van der Waals surface area contributed by atoms with Gasteiger partial charge in [-0.05, 0) is 18.2 Å². The van der Waals surface area contributed by atoms with Crippen molar-refractivity contribution in [2.24, 2.45) is 5.73 Å². The average Bonchev–Trinajstić information content (AvgIpc) is 2.37. The van der Waals surface area contributed by atoms with Crippen molar-refractivity contribution < 1.29 is 36.3 Å². The van der Waals surface area contributed by atoms with Gasteiger partial charge in [0.1, 0.15) is 5.75 Å². The predicted molar refractivity (Wildman–Crippen MR) is 61.1 cm³/mol. The van der Waals surface area contributed by atoms with Crippen LogP contribution < -0.4 is 15.8 Å². The molecule has 5 nitrogen and oxygen atoms in total. The van der Waals surface area contributed by atoms with E-state index >= 15 is 0 Å². The maximum atomic E-state index is 12.8. The Morgan fingerprint density at radius 2 is 1.76 bits per heavy atom. The Balaban J connectivity index is 3.15. The summed E-state index contributed by atoms with van der Waals surface area (Å²) in [6.07, 6.45) is -6.05. The summed E-state index contributed by atoms with van der Waals surface area (Å²) in [7, 11) is 1.09. The van der Waals surface area contributed by atoms with Gasteiger partial charge in [0.05, 0.1) is 12.8 Å². The van der Waals surface area contributed by atoms with Gasteiger partial charge in [-0.1, -0.05) is 0 Å². The molecule has 0 aromatic heterocycles. The van der Waals surface area contributed by atoms with Crippen LogP contribution in [0.5, 0.6) is 5.75 Å². The molecule has 0 aliphatic rings. The van der Waals surface area contributed by atoms with E-state index in [9.17, 15) is 31.5 Å². The molecule has 0 atom stereocenters. The number of carbonyl (C=O) groups excluding carboxylic acids is 2. The largest absolute Gasteiger partial charge is 0.495 e. The molecule has 10 heteroatoms. The van der Waals surface area contributed by atoms with Crippen molar-refractivity contribution in [2.45, 2.75) is 12.1 Å². The van der Waals surface area contributed by atoms with E-state index in [1.54, 1.807) is 0 Å². The molecule has 1 aromatic carbocycles. The number of halogens is 5. The first-order valence-electron chi connectivity index (χ1n) is 5.24. The molecule has 1 rings (SSSR count). The first-order valence-corrected chi connectivity index (χ1v) is 5.24. The third kappa shape index (κ3) is 3.38. The predicted octanol–water partition coefficient (Wildman–Crippen LogP) is 1.93. The van der Waals surface area contributed by atoms with Crippen LogP contribution >= 0.6 is 0 Å². The molecular formula is C11H9F5N2O3. The molecule has 0 bridgehead atoms. The van der Waals surface area contributed by atoms with Crippen molar-refractivity contribution in [3.05, 3.63) is 23.8 Å². The second kappa shape index (κ2) is 5.54. The smallest absolute Gasteiger partial charge is 0.463 e. The fourth-order valence-corrected chi connectivity index (χ4v) is 1.29. The Kier molecular flexibility index (Phi) is 4.40. The molecule has 0 saturated carbocycles. The zero-order chi connectivity index (χ0) is 16.4. The maximum Gasteiger partial charge on any atom is 0.463 e. The number of alkyl halides is 5. The van der Waals surface area contributed by atoms with Crippen LogP contribution in [0.4, 0.5) is 27.6 Å². The second-order valence-electron chi connectivity index (χ2n) is 3.81. The number of benzene rings is 1. The lowest BCUT2D eigenvalue weighted by Gasteiger charge is -2.19. The highest BCUT2D eigenvalue weighted by molar-refractivity contribution is 6.00. The second-order valence-corrected chi connectivity index (χ2v) is 3.81. The number of nitrogens with two attached hydrogens (primary N) is 1. The molecule has 0 radical (unpaired) electrons. The Bertz CT molecular complexity index is 571. The highest BCUT2D eigenvalue weighted by Gasteiger charge is 2.63. The van der Waals surface area contributed by atoms with Crippen LogP contribution in [0, 0.1) is 0 Å². The maximum absolute atomic E-state index is 12.8. The summed E-state index contributed by atoms with van der Waals surface area (Å²) in [6.45, 7) is 0. The molecule has 0 saturated heterocycles. The number of primary amides is 1. The number of hydrogen-bond donors (Lipinski definition) is 2. The summed E-state index contributed by atoms with van der Waals surface area (Å²) in [5.41, 5.74) is 4.19. The highest BCUT2D eigenvalue weighted by Crippen LogP contribution is 2.37. The van der Waals surface area contributed by atoms with E-state index in [1.807, 2.05) is 0 Å². The Hall–Kier alpha value is -2.39. The average molecular weight is 312 g/mol. The summed E-state index contributed by atoms with van der Waals surface area (Å²) in [6, 6.07) is 3.06. The van der Waals surface area contributed by atoms with E-state index in [0.717, 1.165) is 25.3 Å². The highest BCUT2D eigenvalue weighted by atomic mass is 19.4. The van der Waals surface area contributed by atoms with Gasteiger partial charge in [-0.15, -0.1) is 0 Å². The first kappa shape index (κ1) is 16.7. The normalized spacial score (nSPS) is 11.9. The van der Waals surface area contributed by atoms with Gasteiger partial charge in [0.2, 0.25) is 5.91 Å². The molecule has 116 valence electrons. The van der Waals surface area contributed by atoms with Crippen LogP contribution in [0.1, 0.15) is 10.4 Å². The van der Waals surface area contributed by atoms with Gasteiger partial charge in [0.15, 0.2) is 0 Å². The van der Waals surface area contributed by atoms with Crippen LogP contribution in [0.3, 0.4) is 0 Å². The number of rotatable bonds is 4. The molecule has 0 aliphatic carbocycles. The van der Waals surface area contributed by atoms with Gasteiger partial charge < -0.3 is 15.8 Å². The minimum absolute atomic E-state index is 0.207. The monoisotopic (exact) mass is 312 g/mol. The van der Waals surface area contributed by atoms with Crippen LogP contribution in [0.2, 0.25) is 0 Å². The number of methoxy groups -OCH3 is 1. The van der Waals surface area contributed by atoms with E-state index in [-0.39, 0.29) is 11.3 Å². The van der Waals surface area contributed by atoms with Gasteiger partial charge in [-0.2, -0.15) is 22.0 Å². The fourth-order valence-electron chi connectivity index (χ4n) is 1.29. The lowest BCUT2D eigenvalue weighted by Crippen LogP contribution is -2.47. The summed E-state index contributed by atoms with van der Waals surface area (Å²) >= 11 is 0. The fraction of sp³-hybridized carbons (Fsp3) is 0.273. The van der Waals surface area contributed by atoms with Crippen molar-refractivity contribution in [3.63, 3.8) is 0 Å². The van der Waals surface area contributed by atoms with E-state index in [0.29, 0.717) is 0 Å². The van der Waals surface area contributed by atoms with Gasteiger partial charge in [0, 0.05) is 5.56 Å². The van der Waals surface area contributed by atoms with E-state index in [2.05, 4.69) is 4.74 Å². The molecule has 0 aliphatic heterocycles. The molecule has 2 amide bonds. The molecular weight excluding hydrogens is 303 g/mol. The SMILES string of the molecule is COc1ccc(C(N)=O)cc1NC(=O)C(F)(F)C(F)(F)F. The number of hydrogen-bond acceptors (Lipinski definition) is 3. The molecule has 1 aromatic rings. The molecule has 0 unspecified atom stereocenters. The molecule has 0 spiro atoms. The molecule has 21 heavy (non-hydrogen) atoms. The minimum atomic E-state index is -6.05. The van der Waals surface area contributed by atoms with Gasteiger partial charge >= 0.3 is 18.0 Å². The zero-order valence-corrected chi connectivity index (χ0v) is 10.4. The third-order valence-corrected chi connectivity index (χ3v) is 2.37. The number of carbonyl (C=O) groups is 2. The Labute approximate surface area is 114 Å². The van der Waals surface area contributed by atoms with Crippen molar-refractivity contribution in [3.8, 4) is 5.75 Å². The van der Waals surface area contributed by atoms with E-state index in [4.69, 9.17) is 5.73 Å². The third-order valence-electron chi connectivity index (χ3n) is 2.37. The summed E-state index contributed by atoms with van der Waals surface area (Å²) < 4.78 is 66.5. The van der Waals surface area contributed by atoms with Crippen LogP contribution in [0.25, 0.3) is 0 Å². The summed E-state index contributed by atoms with van der Waals surface area (Å²) in [5, 5.41) is 1.36. The van der Waals surface area contributed by atoms with Crippen molar-refractivity contribution in [1.82, 2.24) is 0 Å². The molecule has 0 fully saturated rings. The van der Waals surface area contributed by atoms with Gasteiger partial charge in [0.25, 0.3) is 0 Å². The van der Waals surface area contributed by atoms with Crippen LogP contribution in [0.15, 0.2) is 18.2 Å². The Morgan fingerprint density at radius 3 is 2.19 bits per heavy atom. The number of anilines is 1. The lowest BCUT2D eigenvalue weighted by atomic mass is 10.1. The topological polar surface area (TPSA) is 81.4 Å². The molecule has 3 N–H and O–H groups in total. The van der Waals surface area contributed by atoms with Gasteiger partial charge in [-0.25, -0.2) is 0 Å². The van der Waals surface area contributed by atoms with E-state index < -0.39 is 29.6 Å². The van der Waals surface area contributed by atoms with Crippen molar-refractivity contribution in [1.29, 1.82) is 0 Å². The van der Waals surface area contributed by atoms with Crippen molar-refractivity contribution in [2.75, 3.05) is 12.4 Å². The number of ether oxygens (including phenoxy) is 1. The van der Waals surface area contributed by atoms with Crippen LogP contribution in [-0.2, 0) is 4.79 Å². The minimum Gasteiger partial charge on any atom is -0.495 e. The van der Waals surface area contributed by atoms with Crippen molar-refractivity contribution >= 4 is 17.5 Å². The number of nitrogens with one attached hydrogen (secondary N) is 1. The zero-order valence-electron chi connectivity index (χ0n) is 10.4. The molecule has 0 heterocycles. The number of amides is 2. The standard InChI is InChI=1S/C11H9F5N2O3/c1-21-7-3-2-5(8(17)19)4-6(7)18-9(20)10(12,13)11(14,15)16/h2-4H,1H3,(H2,17,19)(H,18,20).